The Bertz CT molecular complexity index is 404. The average Bonchev–Trinajstić information content (AvgIpc) is 2.57. The molecule has 0 radical (unpaired) electrons. The van der Waals surface area contributed by atoms with E-state index in [-0.39, 0.29) is 5.37 Å². The Kier molecular flexibility index (Phi) is 3.03. The van der Waals surface area contributed by atoms with Gasteiger partial charge >= 0.3 is 0 Å². The van der Waals surface area contributed by atoms with Crippen LogP contribution < -0.4 is 0 Å². The van der Waals surface area contributed by atoms with Gasteiger partial charge in [-0.2, -0.15) is 0 Å². The van der Waals surface area contributed by atoms with E-state index < -0.39 is 0 Å². The van der Waals surface area contributed by atoms with E-state index in [0.29, 0.717) is 4.91 Å². The fraction of sp³-hybridized carbons (Fsp3) is 0.182. The zero-order valence-electron chi connectivity index (χ0n) is 8.18. The molecule has 1 aliphatic heterocycles. The topological polar surface area (TPSA) is 20.3 Å². The van der Waals surface area contributed by atoms with Gasteiger partial charge in [0.1, 0.15) is 5.37 Å². The summed E-state index contributed by atoms with van der Waals surface area (Å²) in [7, 11) is 0. The summed E-state index contributed by atoms with van der Waals surface area (Å²) in [6.07, 6.45) is 0.859. The molecular weight excluding hydrogens is 230 g/mol. The van der Waals surface area contributed by atoms with Crippen molar-refractivity contribution in [1.82, 2.24) is 4.42 Å². The molecule has 0 fully saturated rings. The first kappa shape index (κ1) is 10.6. The van der Waals surface area contributed by atoms with Gasteiger partial charge in [-0.3, -0.25) is 9.21 Å². The van der Waals surface area contributed by atoms with Gasteiger partial charge in [0.05, 0.1) is 4.91 Å². The highest BCUT2D eigenvalue weighted by Crippen LogP contribution is 2.47. The molecule has 0 aromatic heterocycles. The van der Waals surface area contributed by atoms with Crippen LogP contribution in [0.5, 0.6) is 0 Å². The lowest BCUT2D eigenvalue weighted by Gasteiger charge is -2.19. The number of carbonyl (C=O) groups is 1. The number of thioether (sulfide) groups is 1. The molecule has 2 nitrogen and oxygen atoms in total. The fourth-order valence-corrected chi connectivity index (χ4v) is 2.94. The molecule has 1 aliphatic rings. The minimum Gasteiger partial charge on any atom is -0.297 e. The summed E-state index contributed by atoms with van der Waals surface area (Å²) in [6.45, 7) is 1.85. The highest BCUT2D eigenvalue weighted by atomic mass is 35.5. The molecule has 4 heteroatoms. The van der Waals surface area contributed by atoms with Gasteiger partial charge in [-0.15, -0.1) is 0 Å². The maximum atomic E-state index is 10.8. The van der Waals surface area contributed by atoms with E-state index in [1.165, 1.54) is 11.8 Å². The van der Waals surface area contributed by atoms with Crippen LogP contribution in [0.25, 0.3) is 0 Å². The summed E-state index contributed by atoms with van der Waals surface area (Å²) < 4.78 is 1.61. The third-order valence-corrected chi connectivity index (χ3v) is 4.23. The third kappa shape index (κ3) is 1.90. The Morgan fingerprint density at radius 2 is 2.07 bits per heavy atom. The van der Waals surface area contributed by atoms with Crippen LogP contribution in [0.4, 0.5) is 0 Å². The summed E-state index contributed by atoms with van der Waals surface area (Å²) in [5.74, 6) is 0. The average molecular weight is 240 g/mol. The molecule has 0 spiro atoms. The first-order valence-electron chi connectivity index (χ1n) is 4.56. The molecule has 2 rings (SSSR count). The Hall–Kier alpha value is -0.930. The third-order valence-electron chi connectivity index (χ3n) is 2.31. The predicted octanol–water partition coefficient (Wildman–Crippen LogP) is 3.32. The highest BCUT2D eigenvalue weighted by molar-refractivity contribution is 8.04. The van der Waals surface area contributed by atoms with Gasteiger partial charge in [0.25, 0.3) is 0 Å². The Balaban J connectivity index is 2.27. The molecule has 78 valence electrons. The van der Waals surface area contributed by atoms with Gasteiger partial charge in [0.2, 0.25) is 0 Å². The molecule has 0 N–H and O–H groups in total. The van der Waals surface area contributed by atoms with Crippen LogP contribution in [0.2, 0.25) is 0 Å². The van der Waals surface area contributed by atoms with E-state index in [9.17, 15) is 4.79 Å². The second kappa shape index (κ2) is 4.29. The number of halogens is 1. The standard InChI is InChI=1S/C11H10ClNOS/c1-8-10(7-14)15-11(13(8)12)9-5-3-2-4-6-9/h2-7,11H,1H3. The second-order valence-electron chi connectivity index (χ2n) is 3.26. The SMILES string of the molecule is CC1=C(C=O)SC(c2ccccc2)N1Cl. The Morgan fingerprint density at radius 3 is 2.60 bits per heavy atom. The van der Waals surface area contributed by atoms with E-state index in [2.05, 4.69) is 0 Å². The summed E-state index contributed by atoms with van der Waals surface area (Å²) >= 11 is 7.62. The van der Waals surface area contributed by atoms with E-state index in [1.54, 1.807) is 4.42 Å². The van der Waals surface area contributed by atoms with E-state index in [0.717, 1.165) is 17.5 Å². The molecule has 1 aromatic rings. The van der Waals surface area contributed by atoms with Gasteiger partial charge in [0, 0.05) is 17.5 Å². The molecule has 1 heterocycles. The van der Waals surface area contributed by atoms with Crippen LogP contribution in [0.15, 0.2) is 40.9 Å². The lowest BCUT2D eigenvalue weighted by molar-refractivity contribution is -0.104. The Labute approximate surface area is 98.0 Å². The second-order valence-corrected chi connectivity index (χ2v) is 4.75. The maximum absolute atomic E-state index is 10.8. The Morgan fingerprint density at radius 1 is 1.40 bits per heavy atom. The molecular formula is C11H10ClNOS. The van der Waals surface area contributed by atoms with Crippen molar-refractivity contribution < 1.29 is 4.79 Å². The van der Waals surface area contributed by atoms with Crippen molar-refractivity contribution in [3.63, 3.8) is 0 Å². The van der Waals surface area contributed by atoms with Gasteiger partial charge in [-0.05, 0) is 12.5 Å². The fourth-order valence-electron chi connectivity index (χ4n) is 1.46. The van der Waals surface area contributed by atoms with Gasteiger partial charge in [0.15, 0.2) is 6.29 Å². The minimum atomic E-state index is 0.00747. The van der Waals surface area contributed by atoms with Gasteiger partial charge < -0.3 is 0 Å². The highest BCUT2D eigenvalue weighted by Gasteiger charge is 2.30. The quantitative estimate of drug-likeness (QED) is 0.583. The number of hydrogen-bond acceptors (Lipinski definition) is 3. The molecule has 0 bridgehead atoms. The van der Waals surface area contributed by atoms with E-state index in [1.807, 2.05) is 37.3 Å². The van der Waals surface area contributed by atoms with E-state index >= 15 is 0 Å². The number of aldehydes is 1. The van der Waals surface area contributed by atoms with Crippen molar-refractivity contribution in [2.45, 2.75) is 12.3 Å². The molecule has 1 atom stereocenters. The maximum Gasteiger partial charge on any atom is 0.158 e. The zero-order chi connectivity index (χ0) is 10.8. The summed E-state index contributed by atoms with van der Waals surface area (Å²) in [4.78, 5) is 11.5. The van der Waals surface area contributed by atoms with Crippen molar-refractivity contribution in [3.05, 3.63) is 46.5 Å². The van der Waals surface area contributed by atoms with Crippen LogP contribution in [0, 0.1) is 0 Å². The molecule has 1 unspecified atom stereocenters. The van der Waals surface area contributed by atoms with Crippen LogP contribution in [-0.2, 0) is 4.79 Å². The first-order chi connectivity index (χ1) is 7.24. The monoisotopic (exact) mass is 239 g/mol. The number of allylic oxidation sites excluding steroid dienone is 2. The van der Waals surface area contributed by atoms with Crippen molar-refractivity contribution >= 4 is 29.8 Å². The molecule has 0 saturated carbocycles. The summed E-state index contributed by atoms with van der Waals surface area (Å²) in [5, 5.41) is 0.00747. The lowest BCUT2D eigenvalue weighted by atomic mass is 10.2. The summed E-state index contributed by atoms with van der Waals surface area (Å²) in [5.41, 5.74) is 1.93. The molecule has 1 aromatic carbocycles. The molecule has 0 saturated heterocycles. The van der Waals surface area contributed by atoms with Crippen molar-refractivity contribution in [2.75, 3.05) is 0 Å². The number of carbonyl (C=O) groups excluding carboxylic acids is 1. The number of hydrogen-bond donors (Lipinski definition) is 0. The van der Waals surface area contributed by atoms with Crippen LogP contribution >= 0.6 is 23.5 Å². The molecule has 0 amide bonds. The van der Waals surface area contributed by atoms with Crippen LogP contribution in [-0.4, -0.2) is 10.7 Å². The van der Waals surface area contributed by atoms with Gasteiger partial charge in [-0.1, -0.05) is 42.1 Å². The molecule has 0 aliphatic carbocycles. The predicted molar refractivity (Wildman–Crippen MR) is 63.2 cm³/mol. The smallest absolute Gasteiger partial charge is 0.158 e. The minimum absolute atomic E-state index is 0.00747. The number of nitrogens with zero attached hydrogens (tertiary/aromatic N) is 1. The largest absolute Gasteiger partial charge is 0.297 e. The van der Waals surface area contributed by atoms with E-state index in [4.69, 9.17) is 11.8 Å². The van der Waals surface area contributed by atoms with Gasteiger partial charge in [-0.25, -0.2) is 0 Å². The van der Waals surface area contributed by atoms with Crippen LogP contribution in [0.1, 0.15) is 17.9 Å². The van der Waals surface area contributed by atoms with Crippen molar-refractivity contribution in [3.8, 4) is 0 Å². The van der Waals surface area contributed by atoms with Crippen molar-refractivity contribution in [2.24, 2.45) is 0 Å². The summed E-state index contributed by atoms with van der Waals surface area (Å²) in [6, 6.07) is 9.91. The molecule has 15 heavy (non-hydrogen) atoms. The van der Waals surface area contributed by atoms with Crippen LogP contribution in [0.3, 0.4) is 0 Å². The number of benzene rings is 1. The normalized spacial score (nSPS) is 20.9. The van der Waals surface area contributed by atoms with Crippen molar-refractivity contribution in [1.29, 1.82) is 0 Å². The number of rotatable bonds is 2. The first-order valence-corrected chi connectivity index (χ1v) is 5.78. The lowest BCUT2D eigenvalue weighted by Crippen LogP contribution is -2.09. The zero-order valence-corrected chi connectivity index (χ0v) is 9.76.